The summed E-state index contributed by atoms with van der Waals surface area (Å²) in [5, 5.41) is 9.79. The van der Waals surface area contributed by atoms with Crippen molar-refractivity contribution in [3.63, 3.8) is 0 Å². The quantitative estimate of drug-likeness (QED) is 0.360. The molecule has 0 unspecified atom stereocenters. The van der Waals surface area contributed by atoms with Gasteiger partial charge in [-0.2, -0.15) is 0 Å². The smallest absolute Gasteiger partial charge is 0.192 e. The predicted octanol–water partition coefficient (Wildman–Crippen LogP) is 6.36. The van der Waals surface area contributed by atoms with Crippen LogP contribution in [-0.4, -0.2) is 41.1 Å². The van der Waals surface area contributed by atoms with Crippen molar-refractivity contribution in [2.75, 3.05) is 13.2 Å². The van der Waals surface area contributed by atoms with E-state index >= 15 is 0 Å². The van der Waals surface area contributed by atoms with Crippen molar-refractivity contribution in [2.24, 2.45) is 5.92 Å². The molecule has 0 amide bonds. The molecule has 0 aliphatic heterocycles. The summed E-state index contributed by atoms with van der Waals surface area (Å²) in [7, 11) is -3.60. The molecule has 0 heterocycles. The third-order valence-corrected chi connectivity index (χ3v) is 15.3. The summed E-state index contributed by atoms with van der Waals surface area (Å²) >= 11 is 0. The Balaban J connectivity index is 5.24. The fraction of sp³-hybridized carbons (Fsp3) is 0.905. The summed E-state index contributed by atoms with van der Waals surface area (Å²) in [5.74, 6) is 0.263. The van der Waals surface area contributed by atoms with Crippen molar-refractivity contribution in [1.29, 1.82) is 0 Å². The van der Waals surface area contributed by atoms with Crippen LogP contribution in [0.2, 0.25) is 36.3 Å². The van der Waals surface area contributed by atoms with Crippen molar-refractivity contribution in [3.8, 4) is 0 Å². The van der Waals surface area contributed by atoms with Gasteiger partial charge >= 0.3 is 0 Å². The summed E-state index contributed by atoms with van der Waals surface area (Å²) in [5.41, 5.74) is 1.01. The SMILES string of the molecule is C/C(=C\[C@H](C)[C@H](CCO[Si](C)(C)C(C)(C)C)O[Si](C)(C)C(C)(C)C)CO. The van der Waals surface area contributed by atoms with Crippen LogP contribution in [0.5, 0.6) is 0 Å². The van der Waals surface area contributed by atoms with E-state index in [9.17, 15) is 5.11 Å². The zero-order valence-electron chi connectivity index (χ0n) is 19.6. The molecular weight excluding hydrogens is 356 g/mol. The molecule has 156 valence electrons. The topological polar surface area (TPSA) is 38.7 Å². The van der Waals surface area contributed by atoms with E-state index < -0.39 is 16.6 Å². The van der Waals surface area contributed by atoms with Crippen LogP contribution in [0.25, 0.3) is 0 Å². The first-order valence-electron chi connectivity index (χ1n) is 10.0. The Bertz CT molecular complexity index is 457. The minimum absolute atomic E-state index is 0.109. The van der Waals surface area contributed by atoms with E-state index in [-0.39, 0.29) is 28.7 Å². The van der Waals surface area contributed by atoms with E-state index in [1.165, 1.54) is 0 Å². The first-order chi connectivity index (χ1) is 11.4. The van der Waals surface area contributed by atoms with Gasteiger partial charge in [-0.05, 0) is 55.5 Å². The van der Waals surface area contributed by atoms with Crippen molar-refractivity contribution in [1.82, 2.24) is 0 Å². The summed E-state index contributed by atoms with van der Waals surface area (Å²) in [6, 6.07) is 0. The van der Waals surface area contributed by atoms with Crippen molar-refractivity contribution >= 4 is 16.6 Å². The Hall–Kier alpha value is 0.0538. The highest BCUT2D eigenvalue weighted by Gasteiger charge is 2.41. The first-order valence-corrected chi connectivity index (χ1v) is 15.9. The molecule has 0 aromatic heterocycles. The third kappa shape index (κ3) is 7.97. The minimum Gasteiger partial charge on any atom is -0.417 e. The van der Waals surface area contributed by atoms with Crippen molar-refractivity contribution in [2.45, 2.75) is 104 Å². The lowest BCUT2D eigenvalue weighted by Crippen LogP contribution is -2.46. The second-order valence-electron chi connectivity index (χ2n) is 10.8. The van der Waals surface area contributed by atoms with Gasteiger partial charge in [0.1, 0.15) is 0 Å². The average molecular weight is 403 g/mol. The van der Waals surface area contributed by atoms with Crippen LogP contribution in [0.4, 0.5) is 0 Å². The Labute approximate surface area is 165 Å². The van der Waals surface area contributed by atoms with Crippen LogP contribution in [0.3, 0.4) is 0 Å². The third-order valence-electron chi connectivity index (χ3n) is 6.31. The molecule has 0 saturated carbocycles. The molecule has 0 aromatic rings. The summed E-state index contributed by atoms with van der Waals surface area (Å²) < 4.78 is 13.2. The number of aliphatic hydroxyl groups is 1. The summed E-state index contributed by atoms with van der Waals surface area (Å²) in [6.45, 7) is 27.9. The molecule has 0 bridgehead atoms. The normalized spacial score (nSPS) is 17.3. The molecule has 0 aromatic carbocycles. The highest BCUT2D eigenvalue weighted by Crippen LogP contribution is 2.39. The lowest BCUT2D eigenvalue weighted by molar-refractivity contribution is 0.112. The lowest BCUT2D eigenvalue weighted by atomic mass is 10.00. The summed E-state index contributed by atoms with van der Waals surface area (Å²) in [6.07, 6.45) is 3.18. The maximum atomic E-state index is 9.38. The van der Waals surface area contributed by atoms with Gasteiger partial charge in [-0.25, -0.2) is 0 Å². The van der Waals surface area contributed by atoms with Gasteiger partial charge in [-0.15, -0.1) is 0 Å². The number of hydrogen-bond donors (Lipinski definition) is 1. The second kappa shape index (κ2) is 9.50. The summed E-state index contributed by atoms with van der Waals surface area (Å²) in [4.78, 5) is 0. The monoisotopic (exact) mass is 402 g/mol. The van der Waals surface area contributed by atoms with E-state index in [2.05, 4.69) is 80.7 Å². The standard InChI is InChI=1S/C21H46O3Si2/c1-17(16-22)15-18(2)19(24-26(11,12)21(6,7)8)13-14-23-25(9,10)20(3,4)5/h15,18-19,22H,13-14,16H2,1-12H3/b17-15+/t18-,19-/m0/s1. The van der Waals surface area contributed by atoms with Gasteiger partial charge in [-0.1, -0.05) is 60.1 Å². The molecule has 0 saturated heterocycles. The Kier molecular flexibility index (Phi) is 9.52. The van der Waals surface area contributed by atoms with Crippen molar-refractivity contribution < 1.29 is 14.0 Å². The molecule has 1 N–H and O–H groups in total. The minimum atomic E-state index is -1.86. The molecule has 0 rings (SSSR count). The van der Waals surface area contributed by atoms with Crippen LogP contribution < -0.4 is 0 Å². The average Bonchev–Trinajstić information content (AvgIpc) is 2.43. The fourth-order valence-corrected chi connectivity index (χ4v) is 4.74. The van der Waals surface area contributed by atoms with E-state index in [0.29, 0.717) is 0 Å². The molecular formula is C21H46O3Si2. The molecule has 0 aliphatic rings. The van der Waals surface area contributed by atoms with E-state index in [1.54, 1.807) is 0 Å². The van der Waals surface area contributed by atoms with Gasteiger partial charge in [0.15, 0.2) is 16.6 Å². The van der Waals surface area contributed by atoms with E-state index in [0.717, 1.165) is 18.6 Å². The van der Waals surface area contributed by atoms with Gasteiger partial charge in [0.25, 0.3) is 0 Å². The van der Waals surface area contributed by atoms with Crippen LogP contribution in [0, 0.1) is 5.92 Å². The Morgan fingerprint density at radius 1 is 0.962 bits per heavy atom. The zero-order valence-corrected chi connectivity index (χ0v) is 21.6. The molecule has 26 heavy (non-hydrogen) atoms. The molecule has 0 spiro atoms. The fourth-order valence-electron chi connectivity index (χ4n) is 2.24. The van der Waals surface area contributed by atoms with Crippen LogP contribution >= 0.6 is 0 Å². The van der Waals surface area contributed by atoms with Crippen LogP contribution in [0.15, 0.2) is 11.6 Å². The highest BCUT2D eigenvalue weighted by molar-refractivity contribution is 6.74. The maximum Gasteiger partial charge on any atom is 0.192 e. The van der Waals surface area contributed by atoms with Gasteiger partial charge < -0.3 is 14.0 Å². The van der Waals surface area contributed by atoms with Crippen molar-refractivity contribution in [3.05, 3.63) is 11.6 Å². The number of rotatable bonds is 9. The van der Waals surface area contributed by atoms with Gasteiger partial charge in [0, 0.05) is 6.61 Å². The van der Waals surface area contributed by atoms with E-state index in [1.807, 2.05) is 6.92 Å². The molecule has 0 radical (unpaired) electrons. The van der Waals surface area contributed by atoms with E-state index in [4.69, 9.17) is 8.85 Å². The number of aliphatic hydroxyl groups excluding tert-OH is 1. The Morgan fingerprint density at radius 3 is 1.81 bits per heavy atom. The lowest BCUT2D eigenvalue weighted by Gasteiger charge is -2.41. The van der Waals surface area contributed by atoms with Crippen LogP contribution in [0.1, 0.15) is 61.8 Å². The molecule has 2 atom stereocenters. The Morgan fingerprint density at radius 2 is 1.42 bits per heavy atom. The zero-order chi connectivity index (χ0) is 21.0. The second-order valence-corrected chi connectivity index (χ2v) is 20.4. The highest BCUT2D eigenvalue weighted by atomic mass is 28.4. The van der Waals surface area contributed by atoms with Gasteiger partial charge in [0.2, 0.25) is 0 Å². The van der Waals surface area contributed by atoms with Crippen LogP contribution in [-0.2, 0) is 8.85 Å². The number of hydrogen-bond acceptors (Lipinski definition) is 3. The molecule has 3 nitrogen and oxygen atoms in total. The first kappa shape index (κ1) is 26.1. The predicted molar refractivity (Wildman–Crippen MR) is 120 cm³/mol. The maximum absolute atomic E-state index is 9.38. The largest absolute Gasteiger partial charge is 0.417 e. The van der Waals surface area contributed by atoms with Gasteiger partial charge in [0.05, 0.1) is 12.7 Å². The molecule has 0 fully saturated rings. The van der Waals surface area contributed by atoms with Gasteiger partial charge in [-0.3, -0.25) is 0 Å². The molecule has 5 heteroatoms. The molecule has 0 aliphatic carbocycles.